The summed E-state index contributed by atoms with van der Waals surface area (Å²) in [7, 11) is 0. The first-order chi connectivity index (χ1) is 10.8. The molecule has 0 atom stereocenters. The maximum absolute atomic E-state index is 6.17. The topological polar surface area (TPSA) is 57.4 Å². The highest BCUT2D eigenvalue weighted by Crippen LogP contribution is 2.22. The monoisotopic (exact) mass is 298 g/mol. The number of H-pyrrole nitrogens is 1. The Morgan fingerprint density at radius 1 is 1.23 bits per heavy atom. The lowest BCUT2D eigenvalue weighted by molar-refractivity contribution is 0.428. The van der Waals surface area contributed by atoms with Crippen molar-refractivity contribution in [3.8, 4) is 0 Å². The fraction of sp³-hybridized carbons (Fsp3) is 0.500. The van der Waals surface area contributed by atoms with Gasteiger partial charge in [0.2, 0.25) is 0 Å². The summed E-state index contributed by atoms with van der Waals surface area (Å²) in [5, 5.41) is 1.34. The molecule has 118 valence electrons. The van der Waals surface area contributed by atoms with Crippen LogP contribution in [0.4, 0.5) is 0 Å². The van der Waals surface area contributed by atoms with Crippen LogP contribution in [-0.4, -0.2) is 35.5 Å². The third-order valence-electron chi connectivity index (χ3n) is 4.58. The van der Waals surface area contributed by atoms with E-state index in [0.717, 1.165) is 32.0 Å². The number of benzene rings is 1. The Morgan fingerprint density at radius 3 is 2.77 bits per heavy atom. The fourth-order valence-corrected chi connectivity index (χ4v) is 3.34. The van der Waals surface area contributed by atoms with E-state index in [0.29, 0.717) is 0 Å². The molecule has 4 nitrogen and oxygen atoms in total. The zero-order chi connectivity index (χ0) is 15.4. The van der Waals surface area contributed by atoms with Gasteiger partial charge in [-0.15, -0.1) is 0 Å². The molecule has 1 fully saturated rings. The van der Waals surface area contributed by atoms with Gasteiger partial charge in [-0.2, -0.15) is 0 Å². The molecular weight excluding hydrogens is 272 g/mol. The molecule has 0 amide bonds. The molecule has 2 aromatic rings. The van der Waals surface area contributed by atoms with Gasteiger partial charge in [0.1, 0.15) is 0 Å². The number of aromatic nitrogens is 1. The van der Waals surface area contributed by atoms with Gasteiger partial charge in [0.25, 0.3) is 0 Å². The van der Waals surface area contributed by atoms with Crippen molar-refractivity contribution in [1.29, 1.82) is 0 Å². The van der Waals surface area contributed by atoms with Crippen molar-refractivity contribution in [2.24, 2.45) is 10.7 Å². The summed E-state index contributed by atoms with van der Waals surface area (Å²) in [5.74, 6) is 0.721. The van der Waals surface area contributed by atoms with Crippen LogP contribution in [0, 0.1) is 6.92 Å². The Bertz CT molecular complexity index is 648. The molecule has 22 heavy (non-hydrogen) atoms. The highest BCUT2D eigenvalue weighted by atomic mass is 15.2. The number of aryl methyl sites for hydroxylation is 1. The number of guanidine groups is 1. The van der Waals surface area contributed by atoms with Crippen LogP contribution in [0.15, 0.2) is 29.4 Å². The lowest BCUT2D eigenvalue weighted by atomic mass is 10.1. The smallest absolute Gasteiger partial charge is 0.191 e. The normalized spacial score (nSPS) is 17.0. The van der Waals surface area contributed by atoms with E-state index in [1.54, 1.807) is 0 Å². The standard InChI is InChI=1S/C18H26N4/c1-14-7-6-8-16-17(14)15(13-21-16)9-10-20-18(19)22-11-4-2-3-5-12-22/h6-8,13,21H,2-5,9-12H2,1H3,(H2,19,20). The van der Waals surface area contributed by atoms with E-state index in [1.165, 1.54) is 47.7 Å². The van der Waals surface area contributed by atoms with Crippen LogP contribution in [0.3, 0.4) is 0 Å². The predicted molar refractivity (Wildman–Crippen MR) is 93.3 cm³/mol. The summed E-state index contributed by atoms with van der Waals surface area (Å²) in [4.78, 5) is 10.2. The van der Waals surface area contributed by atoms with Crippen LogP contribution >= 0.6 is 0 Å². The summed E-state index contributed by atoms with van der Waals surface area (Å²) in [6, 6.07) is 6.38. The SMILES string of the molecule is Cc1cccc2[nH]cc(CCN=C(N)N3CCCCCC3)c12. The maximum atomic E-state index is 6.17. The average Bonchev–Trinajstić information content (AvgIpc) is 2.75. The van der Waals surface area contributed by atoms with E-state index < -0.39 is 0 Å². The highest BCUT2D eigenvalue weighted by molar-refractivity contribution is 5.86. The third-order valence-corrected chi connectivity index (χ3v) is 4.58. The molecule has 1 aliphatic rings. The minimum Gasteiger partial charge on any atom is -0.370 e. The molecule has 1 aromatic heterocycles. The van der Waals surface area contributed by atoms with Gasteiger partial charge in [-0.25, -0.2) is 0 Å². The van der Waals surface area contributed by atoms with Crippen molar-refractivity contribution in [3.63, 3.8) is 0 Å². The van der Waals surface area contributed by atoms with Gasteiger partial charge >= 0.3 is 0 Å². The van der Waals surface area contributed by atoms with Gasteiger partial charge in [0.15, 0.2) is 5.96 Å². The van der Waals surface area contributed by atoms with Crippen molar-refractivity contribution >= 4 is 16.9 Å². The fourth-order valence-electron chi connectivity index (χ4n) is 3.34. The number of rotatable bonds is 3. The number of hydrogen-bond acceptors (Lipinski definition) is 1. The minimum absolute atomic E-state index is 0.721. The Hall–Kier alpha value is -1.97. The molecule has 1 saturated heterocycles. The number of fused-ring (bicyclic) bond motifs is 1. The van der Waals surface area contributed by atoms with Crippen molar-refractivity contribution in [1.82, 2.24) is 9.88 Å². The molecule has 0 radical (unpaired) electrons. The number of nitrogens with one attached hydrogen (secondary N) is 1. The van der Waals surface area contributed by atoms with Gasteiger partial charge in [-0.3, -0.25) is 4.99 Å². The second-order valence-electron chi connectivity index (χ2n) is 6.20. The quantitative estimate of drug-likeness (QED) is 0.675. The first-order valence-corrected chi connectivity index (χ1v) is 8.36. The molecule has 1 aliphatic heterocycles. The zero-order valence-corrected chi connectivity index (χ0v) is 13.4. The summed E-state index contributed by atoms with van der Waals surface area (Å²) >= 11 is 0. The molecule has 0 aliphatic carbocycles. The first kappa shape index (κ1) is 14.9. The van der Waals surface area contributed by atoms with Crippen molar-refractivity contribution in [2.45, 2.75) is 39.0 Å². The molecular formula is C18H26N4. The first-order valence-electron chi connectivity index (χ1n) is 8.36. The van der Waals surface area contributed by atoms with Gasteiger partial charge in [-0.1, -0.05) is 25.0 Å². The van der Waals surface area contributed by atoms with E-state index in [4.69, 9.17) is 5.73 Å². The number of aliphatic imine (C=N–C) groups is 1. The van der Waals surface area contributed by atoms with Crippen molar-refractivity contribution < 1.29 is 0 Å². The van der Waals surface area contributed by atoms with Crippen molar-refractivity contribution in [2.75, 3.05) is 19.6 Å². The second-order valence-corrected chi connectivity index (χ2v) is 6.20. The zero-order valence-electron chi connectivity index (χ0n) is 13.4. The molecule has 4 heteroatoms. The number of nitrogens with two attached hydrogens (primary N) is 1. The highest BCUT2D eigenvalue weighted by Gasteiger charge is 2.11. The van der Waals surface area contributed by atoms with Gasteiger partial charge < -0.3 is 15.6 Å². The molecule has 0 spiro atoms. The molecule has 0 bridgehead atoms. The maximum Gasteiger partial charge on any atom is 0.191 e. The number of likely N-dealkylation sites (tertiary alicyclic amines) is 1. The summed E-state index contributed by atoms with van der Waals surface area (Å²) in [6.07, 6.45) is 8.14. The molecule has 3 N–H and O–H groups in total. The summed E-state index contributed by atoms with van der Waals surface area (Å²) in [6.45, 7) is 5.03. The van der Waals surface area contributed by atoms with Crippen LogP contribution in [0.5, 0.6) is 0 Å². The Labute approximate surface area is 132 Å². The van der Waals surface area contributed by atoms with Crippen molar-refractivity contribution in [3.05, 3.63) is 35.5 Å². The van der Waals surface area contributed by atoms with E-state index in [-0.39, 0.29) is 0 Å². The molecule has 0 saturated carbocycles. The van der Waals surface area contributed by atoms with Crippen LogP contribution in [-0.2, 0) is 6.42 Å². The van der Waals surface area contributed by atoms with Crippen LogP contribution < -0.4 is 5.73 Å². The Morgan fingerprint density at radius 2 is 2.00 bits per heavy atom. The van der Waals surface area contributed by atoms with Gasteiger partial charge in [0.05, 0.1) is 0 Å². The predicted octanol–water partition coefficient (Wildman–Crippen LogP) is 3.21. The van der Waals surface area contributed by atoms with E-state index in [1.807, 2.05) is 0 Å². The Balaban J connectivity index is 1.65. The lowest BCUT2D eigenvalue weighted by Crippen LogP contribution is -2.38. The largest absolute Gasteiger partial charge is 0.370 e. The van der Waals surface area contributed by atoms with Crippen LogP contribution in [0.1, 0.15) is 36.8 Å². The third kappa shape index (κ3) is 3.26. The average molecular weight is 298 g/mol. The van der Waals surface area contributed by atoms with Gasteiger partial charge in [0, 0.05) is 36.7 Å². The van der Waals surface area contributed by atoms with Crippen LogP contribution in [0.2, 0.25) is 0 Å². The Kier molecular flexibility index (Phi) is 4.66. The number of nitrogens with zero attached hydrogens (tertiary/aromatic N) is 2. The lowest BCUT2D eigenvalue weighted by Gasteiger charge is -2.21. The van der Waals surface area contributed by atoms with Crippen LogP contribution in [0.25, 0.3) is 10.9 Å². The van der Waals surface area contributed by atoms with E-state index in [2.05, 4.69) is 46.2 Å². The summed E-state index contributed by atoms with van der Waals surface area (Å²) < 4.78 is 0. The number of hydrogen-bond donors (Lipinski definition) is 2. The van der Waals surface area contributed by atoms with E-state index in [9.17, 15) is 0 Å². The summed E-state index contributed by atoms with van der Waals surface area (Å²) in [5.41, 5.74) is 10.0. The number of aromatic amines is 1. The second kappa shape index (κ2) is 6.86. The molecule has 0 unspecified atom stereocenters. The molecule has 3 rings (SSSR count). The minimum atomic E-state index is 0.721. The van der Waals surface area contributed by atoms with E-state index >= 15 is 0 Å². The molecule has 2 heterocycles. The van der Waals surface area contributed by atoms with Gasteiger partial charge in [-0.05, 0) is 43.4 Å². The molecule has 1 aromatic carbocycles.